The van der Waals surface area contributed by atoms with Gasteiger partial charge in [0.05, 0.1) is 6.04 Å². The SMILES string of the molecule is Cc1nnc(C(C)C)n1C1C[C@@H]2CC[C@@H](C1)N2CC[C@H](NC(=O)OC(C)(C)C)c1ccc(OCc2ccccc2)cc1. The van der Waals surface area contributed by atoms with Crippen molar-refractivity contribution in [3.05, 3.63) is 77.4 Å². The molecule has 3 atom stereocenters. The Bertz CT molecular complexity index is 1300. The monoisotopic (exact) mass is 573 g/mol. The third kappa shape index (κ3) is 7.33. The number of alkyl carbamates (subject to hydrolysis) is 1. The summed E-state index contributed by atoms with van der Waals surface area (Å²) in [4.78, 5) is 15.6. The smallest absolute Gasteiger partial charge is 0.408 e. The Hall–Kier alpha value is -3.39. The van der Waals surface area contributed by atoms with Crippen molar-refractivity contribution in [2.75, 3.05) is 6.54 Å². The third-order valence-corrected chi connectivity index (χ3v) is 8.53. The minimum atomic E-state index is -0.556. The average Bonchev–Trinajstić information content (AvgIpc) is 3.44. The number of nitrogens with one attached hydrogen (secondary N) is 1. The van der Waals surface area contributed by atoms with Crippen LogP contribution in [0.1, 0.15) is 108 Å². The summed E-state index contributed by atoms with van der Waals surface area (Å²) in [6.45, 7) is 13.6. The molecular weight excluding hydrogens is 526 g/mol. The molecule has 5 rings (SSSR count). The normalized spacial score (nSPS) is 21.4. The zero-order chi connectivity index (χ0) is 29.9. The second-order valence-corrected chi connectivity index (χ2v) is 13.2. The second kappa shape index (κ2) is 12.9. The molecule has 2 aliphatic rings. The first-order valence-corrected chi connectivity index (χ1v) is 15.5. The van der Waals surface area contributed by atoms with Crippen LogP contribution in [0, 0.1) is 6.92 Å². The highest BCUT2D eigenvalue weighted by atomic mass is 16.6. The van der Waals surface area contributed by atoms with E-state index in [1.54, 1.807) is 0 Å². The minimum absolute atomic E-state index is 0.159. The highest BCUT2D eigenvalue weighted by Gasteiger charge is 2.42. The van der Waals surface area contributed by atoms with Crippen LogP contribution in [0.15, 0.2) is 54.6 Å². The first-order valence-electron chi connectivity index (χ1n) is 15.5. The number of nitrogens with zero attached hydrogens (tertiary/aromatic N) is 4. The molecule has 3 aromatic rings. The summed E-state index contributed by atoms with van der Waals surface area (Å²) >= 11 is 0. The molecule has 0 spiro atoms. The molecule has 0 unspecified atom stereocenters. The summed E-state index contributed by atoms with van der Waals surface area (Å²) in [5, 5.41) is 12.1. The summed E-state index contributed by atoms with van der Waals surface area (Å²) in [6, 6.07) is 19.6. The number of carbonyl (C=O) groups is 1. The number of amides is 1. The number of carbonyl (C=O) groups excluding carboxylic acids is 1. The molecule has 226 valence electrons. The van der Waals surface area contributed by atoms with Gasteiger partial charge in [0.15, 0.2) is 0 Å². The fourth-order valence-corrected chi connectivity index (χ4v) is 6.64. The van der Waals surface area contributed by atoms with Crippen molar-refractivity contribution in [2.24, 2.45) is 0 Å². The number of piperidine rings is 1. The molecule has 8 heteroatoms. The third-order valence-electron chi connectivity index (χ3n) is 8.53. The van der Waals surface area contributed by atoms with Crippen molar-refractivity contribution >= 4 is 6.09 Å². The van der Waals surface area contributed by atoms with Gasteiger partial charge < -0.3 is 19.4 Å². The standard InChI is InChI=1S/C34H47N5O3/c1-23(2)32-37-36-24(3)39(32)29-20-27-14-15-28(21-29)38(27)19-18-31(35-33(40)42-34(4,5)6)26-12-16-30(17-13-26)41-22-25-10-8-7-9-11-25/h7-13,16-17,23,27-29,31H,14-15,18-22H2,1-6H3,(H,35,40)/t27-,28-,31-/m0/s1. The number of hydrogen-bond acceptors (Lipinski definition) is 6. The Morgan fingerprint density at radius 2 is 1.64 bits per heavy atom. The van der Waals surface area contributed by atoms with Crippen LogP contribution in [0.5, 0.6) is 5.75 Å². The lowest BCUT2D eigenvalue weighted by atomic mass is 9.95. The molecule has 0 saturated carbocycles. The Kier molecular flexibility index (Phi) is 9.21. The van der Waals surface area contributed by atoms with E-state index in [9.17, 15) is 4.79 Å². The van der Waals surface area contributed by atoms with Crippen molar-refractivity contribution < 1.29 is 14.3 Å². The molecular formula is C34H47N5O3. The van der Waals surface area contributed by atoms with Crippen LogP contribution < -0.4 is 10.1 Å². The first kappa shape index (κ1) is 30.1. The largest absolute Gasteiger partial charge is 0.489 e. The molecule has 0 radical (unpaired) electrons. The van der Waals surface area contributed by atoms with Crippen molar-refractivity contribution in [1.29, 1.82) is 0 Å². The lowest BCUT2D eigenvalue weighted by Gasteiger charge is -2.40. The van der Waals surface area contributed by atoms with Crippen molar-refractivity contribution in [3.8, 4) is 5.75 Å². The van der Waals surface area contributed by atoms with E-state index in [1.165, 1.54) is 12.8 Å². The molecule has 2 bridgehead atoms. The Morgan fingerprint density at radius 3 is 2.26 bits per heavy atom. The molecule has 2 fully saturated rings. The first-order chi connectivity index (χ1) is 20.1. The number of benzene rings is 2. The fraction of sp³-hybridized carbons (Fsp3) is 0.559. The molecule has 1 aromatic heterocycles. The molecule has 2 aliphatic heterocycles. The van der Waals surface area contributed by atoms with Crippen molar-refractivity contribution in [2.45, 2.75) is 116 Å². The molecule has 2 aromatic carbocycles. The predicted molar refractivity (Wildman–Crippen MR) is 165 cm³/mol. The Morgan fingerprint density at radius 1 is 0.976 bits per heavy atom. The molecule has 1 amide bonds. The van der Waals surface area contributed by atoms with Crippen LogP contribution in [0.4, 0.5) is 4.79 Å². The van der Waals surface area contributed by atoms with Gasteiger partial charge in [0.25, 0.3) is 0 Å². The number of aromatic nitrogens is 3. The van der Waals surface area contributed by atoms with Gasteiger partial charge in [-0.25, -0.2) is 4.79 Å². The topological polar surface area (TPSA) is 81.5 Å². The quantitative estimate of drug-likeness (QED) is 0.278. The number of ether oxygens (including phenoxy) is 2. The second-order valence-electron chi connectivity index (χ2n) is 13.2. The van der Waals surface area contributed by atoms with E-state index in [2.05, 4.69) is 70.0 Å². The lowest BCUT2D eigenvalue weighted by molar-refractivity contribution is 0.0488. The molecule has 42 heavy (non-hydrogen) atoms. The molecule has 0 aliphatic carbocycles. The van der Waals surface area contributed by atoms with E-state index in [4.69, 9.17) is 9.47 Å². The van der Waals surface area contributed by atoms with Crippen molar-refractivity contribution in [3.63, 3.8) is 0 Å². The lowest BCUT2D eigenvalue weighted by Crippen LogP contribution is -2.45. The van der Waals surface area contributed by atoms with E-state index >= 15 is 0 Å². The van der Waals surface area contributed by atoms with Gasteiger partial charge in [-0.3, -0.25) is 4.90 Å². The fourth-order valence-electron chi connectivity index (χ4n) is 6.64. The summed E-state index contributed by atoms with van der Waals surface area (Å²) in [7, 11) is 0. The Labute approximate surface area is 250 Å². The van der Waals surface area contributed by atoms with E-state index in [1.807, 2.05) is 51.1 Å². The molecule has 2 saturated heterocycles. The summed E-state index contributed by atoms with van der Waals surface area (Å²) in [5.74, 6) is 3.29. The maximum absolute atomic E-state index is 12.9. The summed E-state index contributed by atoms with van der Waals surface area (Å²) < 4.78 is 14.1. The van der Waals surface area contributed by atoms with E-state index in [-0.39, 0.29) is 12.1 Å². The summed E-state index contributed by atoms with van der Waals surface area (Å²) in [5.41, 5.74) is 1.63. The predicted octanol–water partition coefficient (Wildman–Crippen LogP) is 7.11. The van der Waals surface area contributed by atoms with Crippen LogP contribution in [0.2, 0.25) is 0 Å². The van der Waals surface area contributed by atoms with Gasteiger partial charge in [-0.15, -0.1) is 10.2 Å². The highest BCUT2D eigenvalue weighted by molar-refractivity contribution is 5.68. The molecule has 1 N–H and O–H groups in total. The maximum atomic E-state index is 12.9. The zero-order valence-electron chi connectivity index (χ0n) is 26.0. The van der Waals surface area contributed by atoms with Gasteiger partial charge in [0.1, 0.15) is 29.6 Å². The van der Waals surface area contributed by atoms with Crippen LogP contribution in [0.3, 0.4) is 0 Å². The van der Waals surface area contributed by atoms with Crippen LogP contribution >= 0.6 is 0 Å². The Balaban J connectivity index is 1.25. The average molecular weight is 574 g/mol. The van der Waals surface area contributed by atoms with Gasteiger partial charge in [0, 0.05) is 30.6 Å². The van der Waals surface area contributed by atoms with Crippen LogP contribution in [-0.2, 0) is 11.3 Å². The van der Waals surface area contributed by atoms with Gasteiger partial charge >= 0.3 is 6.09 Å². The van der Waals surface area contributed by atoms with Gasteiger partial charge in [-0.2, -0.15) is 0 Å². The molecule has 8 nitrogen and oxygen atoms in total. The number of fused-ring (bicyclic) bond motifs is 2. The highest BCUT2D eigenvalue weighted by Crippen LogP contribution is 2.42. The molecule has 3 heterocycles. The number of aryl methyl sites for hydroxylation is 1. The van der Waals surface area contributed by atoms with Crippen LogP contribution in [-0.4, -0.2) is 50.0 Å². The van der Waals surface area contributed by atoms with Gasteiger partial charge in [-0.1, -0.05) is 56.3 Å². The van der Waals surface area contributed by atoms with Crippen LogP contribution in [0.25, 0.3) is 0 Å². The van der Waals surface area contributed by atoms with Gasteiger partial charge in [0.2, 0.25) is 0 Å². The van der Waals surface area contributed by atoms with Crippen molar-refractivity contribution in [1.82, 2.24) is 25.0 Å². The summed E-state index contributed by atoms with van der Waals surface area (Å²) in [6.07, 6.45) is 5.10. The maximum Gasteiger partial charge on any atom is 0.408 e. The van der Waals surface area contributed by atoms with E-state index in [0.29, 0.717) is 30.7 Å². The number of rotatable bonds is 10. The number of hydrogen-bond donors (Lipinski definition) is 1. The van der Waals surface area contributed by atoms with E-state index in [0.717, 1.165) is 54.3 Å². The zero-order valence-corrected chi connectivity index (χ0v) is 26.0. The van der Waals surface area contributed by atoms with E-state index < -0.39 is 5.60 Å². The van der Waals surface area contributed by atoms with Gasteiger partial charge in [-0.05, 0) is 83.1 Å². The minimum Gasteiger partial charge on any atom is -0.489 e.